The molecule has 32 heavy (non-hydrogen) atoms. The summed E-state index contributed by atoms with van der Waals surface area (Å²) in [7, 11) is 3.91. The van der Waals surface area contributed by atoms with Crippen LogP contribution in [0.3, 0.4) is 0 Å². The summed E-state index contributed by atoms with van der Waals surface area (Å²) in [4.78, 5) is 33.5. The summed E-state index contributed by atoms with van der Waals surface area (Å²) in [6.07, 6.45) is 1.61. The zero-order valence-electron chi connectivity index (χ0n) is 20.1. The van der Waals surface area contributed by atoms with Crippen LogP contribution in [-0.2, 0) is 9.59 Å². The van der Waals surface area contributed by atoms with Crippen LogP contribution in [0.1, 0.15) is 38.7 Å². The third-order valence-corrected chi connectivity index (χ3v) is 5.94. The van der Waals surface area contributed by atoms with Crippen molar-refractivity contribution in [2.45, 2.75) is 40.0 Å². The van der Waals surface area contributed by atoms with Crippen molar-refractivity contribution >= 4 is 34.2 Å². The molecule has 3 rings (SSSR count). The molecule has 2 aromatic rings. The van der Waals surface area contributed by atoms with Crippen LogP contribution in [-0.4, -0.2) is 62.0 Å². The Kier molecular flexibility index (Phi) is 8.07. The van der Waals surface area contributed by atoms with E-state index in [1.165, 1.54) is 6.42 Å². The van der Waals surface area contributed by atoms with Crippen LogP contribution >= 0.6 is 0 Å². The molecule has 7 nitrogen and oxygen atoms in total. The minimum absolute atomic E-state index is 0.102. The highest BCUT2D eigenvalue weighted by molar-refractivity contribution is 5.96. The Labute approximate surface area is 191 Å². The number of aromatic nitrogens is 1. The van der Waals surface area contributed by atoms with Gasteiger partial charge in [-0.1, -0.05) is 13.8 Å². The van der Waals surface area contributed by atoms with E-state index in [4.69, 9.17) is 4.98 Å². The number of piperidine rings is 1. The first kappa shape index (κ1) is 24.0. The van der Waals surface area contributed by atoms with E-state index in [1.807, 2.05) is 37.2 Å². The molecule has 0 bridgehead atoms. The fourth-order valence-electron chi connectivity index (χ4n) is 4.42. The van der Waals surface area contributed by atoms with E-state index in [1.54, 1.807) is 0 Å². The second-order valence-corrected chi connectivity index (χ2v) is 9.58. The van der Waals surface area contributed by atoms with Crippen molar-refractivity contribution in [3.63, 3.8) is 0 Å². The Morgan fingerprint density at radius 2 is 1.78 bits per heavy atom. The number of hydrogen-bond acceptors (Lipinski definition) is 5. The van der Waals surface area contributed by atoms with Gasteiger partial charge in [0.2, 0.25) is 11.8 Å². The van der Waals surface area contributed by atoms with Crippen molar-refractivity contribution in [2.75, 3.05) is 50.5 Å². The van der Waals surface area contributed by atoms with Gasteiger partial charge in [-0.25, -0.2) is 4.98 Å². The first-order valence-electron chi connectivity index (χ1n) is 11.6. The van der Waals surface area contributed by atoms with E-state index in [0.29, 0.717) is 18.4 Å². The van der Waals surface area contributed by atoms with E-state index < -0.39 is 0 Å². The number of amides is 2. The normalized spacial score (nSPS) is 18.8. The summed E-state index contributed by atoms with van der Waals surface area (Å²) < 4.78 is 0. The van der Waals surface area contributed by atoms with Crippen LogP contribution in [0.25, 0.3) is 10.9 Å². The Balaban J connectivity index is 1.61. The quantitative estimate of drug-likeness (QED) is 0.659. The number of fused-ring (bicyclic) bond motifs is 1. The summed E-state index contributed by atoms with van der Waals surface area (Å²) in [5.74, 6) is 2.11. The smallest absolute Gasteiger partial charge is 0.224 e. The van der Waals surface area contributed by atoms with E-state index in [0.717, 1.165) is 47.6 Å². The minimum Gasteiger partial charge on any atom is -0.356 e. The first-order valence-corrected chi connectivity index (χ1v) is 11.6. The van der Waals surface area contributed by atoms with Gasteiger partial charge in [-0.15, -0.1) is 0 Å². The topological polar surface area (TPSA) is 77.6 Å². The molecule has 1 fully saturated rings. The molecule has 174 valence electrons. The molecular weight excluding hydrogens is 402 g/mol. The number of carbonyl (C=O) groups is 2. The SMILES string of the molecule is Cc1cc(N2CC(C)CC(C)C2)nc2ccc(NC(=O)CCC(=O)NCCN(C)C)cc12. The molecular formula is C25H37N5O2. The molecule has 0 saturated carbocycles. The fraction of sp³-hybridized carbons (Fsp3) is 0.560. The highest BCUT2D eigenvalue weighted by atomic mass is 16.2. The lowest BCUT2D eigenvalue weighted by molar-refractivity contribution is -0.124. The van der Waals surface area contributed by atoms with Gasteiger partial charge in [-0.2, -0.15) is 0 Å². The second-order valence-electron chi connectivity index (χ2n) is 9.58. The van der Waals surface area contributed by atoms with Gasteiger partial charge < -0.3 is 20.4 Å². The van der Waals surface area contributed by atoms with Crippen molar-refractivity contribution < 1.29 is 9.59 Å². The van der Waals surface area contributed by atoms with Gasteiger partial charge in [0.05, 0.1) is 5.52 Å². The Morgan fingerprint density at radius 3 is 2.47 bits per heavy atom. The van der Waals surface area contributed by atoms with Gasteiger partial charge in [0.1, 0.15) is 5.82 Å². The van der Waals surface area contributed by atoms with Crippen LogP contribution in [0, 0.1) is 18.8 Å². The molecule has 2 unspecified atom stereocenters. The Morgan fingerprint density at radius 1 is 1.09 bits per heavy atom. The zero-order valence-corrected chi connectivity index (χ0v) is 20.1. The maximum atomic E-state index is 12.3. The highest BCUT2D eigenvalue weighted by Gasteiger charge is 2.23. The second kappa shape index (κ2) is 10.8. The number of nitrogens with one attached hydrogen (secondary N) is 2. The number of likely N-dealkylation sites (N-methyl/N-ethyl adjacent to an activating group) is 1. The molecule has 0 spiro atoms. The standard InChI is InChI=1S/C25H37N5O2/c1-17-12-18(2)16-30(15-17)23-13-19(3)21-14-20(6-7-22(21)28-23)27-25(32)9-8-24(31)26-10-11-29(4)5/h6-7,13-14,17-18H,8-12,15-16H2,1-5H3,(H,26,31)(H,27,32). The Hall–Kier alpha value is -2.67. The average molecular weight is 440 g/mol. The zero-order chi connectivity index (χ0) is 23.3. The molecule has 7 heteroatoms. The van der Waals surface area contributed by atoms with Crippen LogP contribution < -0.4 is 15.5 Å². The summed E-state index contributed by atoms with van der Waals surface area (Å²) in [5, 5.41) is 6.78. The summed E-state index contributed by atoms with van der Waals surface area (Å²) in [6, 6.07) is 7.97. The third-order valence-electron chi connectivity index (χ3n) is 5.94. The summed E-state index contributed by atoms with van der Waals surface area (Å²) >= 11 is 0. The third kappa shape index (κ3) is 6.66. The molecule has 1 saturated heterocycles. The first-order chi connectivity index (χ1) is 15.2. The number of hydrogen-bond donors (Lipinski definition) is 2. The van der Waals surface area contributed by atoms with Gasteiger partial charge in [-0.05, 0) is 69.1 Å². The maximum Gasteiger partial charge on any atom is 0.224 e. The number of benzene rings is 1. The Bertz CT molecular complexity index is 949. The van der Waals surface area contributed by atoms with Crippen LogP contribution in [0.15, 0.2) is 24.3 Å². The molecule has 2 heterocycles. The molecule has 2 atom stereocenters. The average Bonchev–Trinajstić information content (AvgIpc) is 2.71. The molecule has 1 aromatic carbocycles. The lowest BCUT2D eigenvalue weighted by atomic mass is 9.92. The van der Waals surface area contributed by atoms with Gasteiger partial charge >= 0.3 is 0 Å². The molecule has 1 aromatic heterocycles. The number of anilines is 2. The van der Waals surface area contributed by atoms with Crippen LogP contribution in [0.4, 0.5) is 11.5 Å². The van der Waals surface area contributed by atoms with E-state index >= 15 is 0 Å². The summed E-state index contributed by atoms with van der Waals surface area (Å²) in [5.41, 5.74) is 2.81. The van der Waals surface area contributed by atoms with E-state index in [9.17, 15) is 9.59 Å². The van der Waals surface area contributed by atoms with Crippen molar-refractivity contribution in [3.8, 4) is 0 Å². The molecule has 2 amide bonds. The largest absolute Gasteiger partial charge is 0.356 e. The minimum atomic E-state index is -0.161. The van der Waals surface area contributed by atoms with Gasteiger partial charge in [0.25, 0.3) is 0 Å². The number of nitrogens with zero attached hydrogens (tertiary/aromatic N) is 3. The summed E-state index contributed by atoms with van der Waals surface area (Å²) in [6.45, 7) is 10.1. The maximum absolute atomic E-state index is 12.3. The number of carbonyl (C=O) groups excluding carboxylic acids is 2. The molecule has 2 N–H and O–H groups in total. The molecule has 0 radical (unpaired) electrons. The number of pyridine rings is 1. The molecule has 1 aliphatic rings. The van der Waals surface area contributed by atoms with E-state index in [-0.39, 0.29) is 24.7 Å². The van der Waals surface area contributed by atoms with Crippen molar-refractivity contribution in [2.24, 2.45) is 11.8 Å². The van der Waals surface area contributed by atoms with Gasteiger partial charge in [0.15, 0.2) is 0 Å². The lowest BCUT2D eigenvalue weighted by Crippen LogP contribution is -2.39. The monoisotopic (exact) mass is 439 g/mol. The van der Waals surface area contributed by atoms with E-state index in [2.05, 4.69) is 42.4 Å². The van der Waals surface area contributed by atoms with Crippen LogP contribution in [0.5, 0.6) is 0 Å². The van der Waals surface area contributed by atoms with Gasteiger partial charge in [0, 0.05) is 50.1 Å². The molecule has 1 aliphatic heterocycles. The van der Waals surface area contributed by atoms with Crippen molar-refractivity contribution in [3.05, 3.63) is 29.8 Å². The number of aryl methyl sites for hydroxylation is 1. The van der Waals surface area contributed by atoms with Crippen molar-refractivity contribution in [1.82, 2.24) is 15.2 Å². The number of rotatable bonds is 8. The molecule has 0 aliphatic carbocycles. The fourth-order valence-corrected chi connectivity index (χ4v) is 4.42. The predicted octanol–water partition coefficient (Wildman–Crippen LogP) is 3.42. The van der Waals surface area contributed by atoms with Crippen molar-refractivity contribution in [1.29, 1.82) is 0 Å². The van der Waals surface area contributed by atoms with Crippen LogP contribution in [0.2, 0.25) is 0 Å². The predicted molar refractivity (Wildman–Crippen MR) is 131 cm³/mol. The highest BCUT2D eigenvalue weighted by Crippen LogP contribution is 2.29. The van der Waals surface area contributed by atoms with Gasteiger partial charge in [-0.3, -0.25) is 9.59 Å². The lowest BCUT2D eigenvalue weighted by Gasteiger charge is -2.36.